The molecule has 0 heterocycles. The molecular formula is C14H20N2O3S2. The van der Waals surface area contributed by atoms with Gasteiger partial charge >= 0.3 is 0 Å². The lowest BCUT2D eigenvalue weighted by Gasteiger charge is -2.10. The number of hydrogen-bond acceptors (Lipinski definition) is 4. The van der Waals surface area contributed by atoms with Crippen molar-refractivity contribution in [1.29, 1.82) is 0 Å². The monoisotopic (exact) mass is 328 g/mol. The number of amides is 1. The first-order chi connectivity index (χ1) is 9.92. The maximum atomic E-state index is 12.0. The van der Waals surface area contributed by atoms with Gasteiger partial charge in [-0.3, -0.25) is 4.79 Å². The Balaban J connectivity index is 1.94. The van der Waals surface area contributed by atoms with Crippen molar-refractivity contribution in [3.63, 3.8) is 0 Å². The molecule has 0 bridgehead atoms. The van der Waals surface area contributed by atoms with Crippen molar-refractivity contribution in [1.82, 2.24) is 10.0 Å². The van der Waals surface area contributed by atoms with Crippen LogP contribution in [-0.2, 0) is 21.4 Å². The van der Waals surface area contributed by atoms with Crippen LogP contribution in [0.4, 0.5) is 0 Å². The van der Waals surface area contributed by atoms with E-state index >= 15 is 0 Å². The lowest BCUT2D eigenvalue weighted by molar-refractivity contribution is -0.120. The molecule has 1 fully saturated rings. The van der Waals surface area contributed by atoms with Crippen LogP contribution < -0.4 is 10.0 Å². The van der Waals surface area contributed by atoms with Crippen molar-refractivity contribution in [3.8, 4) is 0 Å². The van der Waals surface area contributed by atoms with Crippen molar-refractivity contribution in [2.45, 2.75) is 42.5 Å². The largest absolute Gasteiger partial charge is 0.351 e. The molecule has 1 aromatic carbocycles. The normalized spacial score (nSPS) is 16.5. The smallest absolute Gasteiger partial charge is 0.240 e. The van der Waals surface area contributed by atoms with Gasteiger partial charge in [0.05, 0.1) is 10.1 Å². The SMILES string of the molecule is CS[C@@H](C)C(=O)NCc1ccc(S(=O)(=O)NC2CC2)cc1. The van der Waals surface area contributed by atoms with E-state index in [9.17, 15) is 13.2 Å². The predicted molar refractivity (Wildman–Crippen MR) is 84.6 cm³/mol. The average molecular weight is 328 g/mol. The molecule has 0 saturated heterocycles. The van der Waals surface area contributed by atoms with E-state index in [0.29, 0.717) is 6.54 Å². The standard InChI is InChI=1S/C14H20N2O3S2/c1-10(20-2)14(17)15-9-11-3-7-13(8-4-11)21(18,19)16-12-5-6-12/h3-4,7-8,10,12,16H,5-6,9H2,1-2H3,(H,15,17)/t10-/m0/s1. The molecule has 0 radical (unpaired) electrons. The molecule has 0 aromatic heterocycles. The van der Waals surface area contributed by atoms with E-state index < -0.39 is 10.0 Å². The van der Waals surface area contributed by atoms with Crippen LogP contribution in [-0.4, -0.2) is 31.9 Å². The van der Waals surface area contributed by atoms with Gasteiger partial charge in [0.1, 0.15) is 0 Å². The summed E-state index contributed by atoms with van der Waals surface area (Å²) in [5, 5.41) is 2.73. The summed E-state index contributed by atoms with van der Waals surface area (Å²) in [6, 6.07) is 6.70. The molecule has 0 spiro atoms. The van der Waals surface area contributed by atoms with Crippen molar-refractivity contribution in [2.75, 3.05) is 6.26 Å². The number of thioether (sulfide) groups is 1. The van der Waals surface area contributed by atoms with E-state index in [-0.39, 0.29) is 22.1 Å². The van der Waals surface area contributed by atoms with Gasteiger partial charge in [-0.15, -0.1) is 0 Å². The molecule has 2 N–H and O–H groups in total. The van der Waals surface area contributed by atoms with Gasteiger partial charge in [0.25, 0.3) is 0 Å². The number of rotatable bonds is 7. The van der Waals surface area contributed by atoms with Crippen molar-refractivity contribution in [2.24, 2.45) is 0 Å². The Morgan fingerprint density at radius 2 is 1.95 bits per heavy atom. The Kier molecular flexibility index (Phi) is 5.29. The first kappa shape index (κ1) is 16.3. The van der Waals surface area contributed by atoms with Gasteiger partial charge in [-0.25, -0.2) is 13.1 Å². The van der Waals surface area contributed by atoms with Crippen LogP contribution in [0.15, 0.2) is 29.2 Å². The van der Waals surface area contributed by atoms with Crippen molar-refractivity contribution < 1.29 is 13.2 Å². The molecule has 1 aliphatic rings. The quantitative estimate of drug-likeness (QED) is 0.795. The van der Waals surface area contributed by atoms with Crippen molar-refractivity contribution in [3.05, 3.63) is 29.8 Å². The van der Waals surface area contributed by atoms with E-state index in [2.05, 4.69) is 10.0 Å². The summed E-state index contributed by atoms with van der Waals surface area (Å²) in [7, 11) is -3.40. The zero-order valence-corrected chi connectivity index (χ0v) is 13.8. The Hall–Kier alpha value is -1.05. The highest BCUT2D eigenvalue weighted by molar-refractivity contribution is 7.99. The average Bonchev–Trinajstić information content (AvgIpc) is 3.27. The fourth-order valence-corrected chi connectivity index (χ4v) is 3.32. The Morgan fingerprint density at radius 3 is 2.48 bits per heavy atom. The molecule has 1 amide bonds. The van der Waals surface area contributed by atoms with Crippen LogP contribution in [0.25, 0.3) is 0 Å². The minimum absolute atomic E-state index is 0.0189. The fraction of sp³-hybridized carbons (Fsp3) is 0.500. The third-order valence-corrected chi connectivity index (χ3v) is 5.78. The molecule has 1 saturated carbocycles. The topological polar surface area (TPSA) is 75.3 Å². The van der Waals surface area contributed by atoms with Crippen LogP contribution >= 0.6 is 11.8 Å². The number of hydrogen-bond donors (Lipinski definition) is 2. The molecule has 0 unspecified atom stereocenters. The minimum Gasteiger partial charge on any atom is -0.351 e. The third-order valence-electron chi connectivity index (χ3n) is 3.32. The zero-order valence-electron chi connectivity index (χ0n) is 12.1. The second-order valence-electron chi connectivity index (χ2n) is 5.14. The summed E-state index contributed by atoms with van der Waals surface area (Å²) < 4.78 is 26.6. The second-order valence-corrected chi connectivity index (χ2v) is 8.03. The summed E-state index contributed by atoms with van der Waals surface area (Å²) in [6.07, 6.45) is 3.71. The minimum atomic E-state index is -3.40. The summed E-state index contributed by atoms with van der Waals surface area (Å²) in [4.78, 5) is 11.9. The van der Waals surface area contributed by atoms with Gasteiger partial charge in [-0.1, -0.05) is 12.1 Å². The van der Waals surface area contributed by atoms with Crippen LogP contribution in [0, 0.1) is 0 Å². The van der Waals surface area contributed by atoms with Crippen LogP contribution in [0.3, 0.4) is 0 Å². The van der Waals surface area contributed by atoms with Crippen LogP contribution in [0.2, 0.25) is 0 Å². The number of carbonyl (C=O) groups is 1. The Labute approximate surface area is 129 Å². The summed E-state index contributed by atoms with van der Waals surface area (Å²) in [5.74, 6) is -0.0189. The number of benzene rings is 1. The van der Waals surface area contributed by atoms with Gasteiger partial charge in [0, 0.05) is 12.6 Å². The molecule has 1 aliphatic carbocycles. The maximum absolute atomic E-state index is 12.0. The van der Waals surface area contributed by atoms with Gasteiger partial charge < -0.3 is 5.32 Å². The Bertz CT molecular complexity index is 595. The van der Waals surface area contributed by atoms with Crippen molar-refractivity contribution >= 4 is 27.7 Å². The summed E-state index contributed by atoms with van der Waals surface area (Å²) in [6.45, 7) is 2.25. The fourth-order valence-electron chi connectivity index (χ4n) is 1.72. The lowest BCUT2D eigenvalue weighted by atomic mass is 10.2. The molecule has 7 heteroatoms. The molecule has 2 rings (SSSR count). The third kappa shape index (κ3) is 4.72. The van der Waals surface area contributed by atoms with Gasteiger partial charge in [0.15, 0.2) is 0 Å². The molecular weight excluding hydrogens is 308 g/mol. The highest BCUT2D eigenvalue weighted by atomic mass is 32.2. The van der Waals surface area contributed by atoms with Crippen LogP contribution in [0.5, 0.6) is 0 Å². The van der Waals surface area contributed by atoms with Gasteiger partial charge in [-0.05, 0) is 43.7 Å². The predicted octanol–water partition coefficient (Wildman–Crippen LogP) is 1.49. The Morgan fingerprint density at radius 1 is 1.33 bits per heavy atom. The molecule has 1 atom stereocenters. The van der Waals surface area contributed by atoms with Gasteiger partial charge in [-0.2, -0.15) is 11.8 Å². The molecule has 5 nitrogen and oxygen atoms in total. The number of carbonyl (C=O) groups excluding carboxylic acids is 1. The first-order valence-corrected chi connectivity index (χ1v) is 9.61. The molecule has 116 valence electrons. The summed E-state index contributed by atoms with van der Waals surface area (Å²) >= 11 is 1.49. The van der Waals surface area contributed by atoms with E-state index in [1.807, 2.05) is 13.2 Å². The maximum Gasteiger partial charge on any atom is 0.240 e. The number of nitrogens with one attached hydrogen (secondary N) is 2. The molecule has 0 aliphatic heterocycles. The zero-order chi connectivity index (χ0) is 15.5. The summed E-state index contributed by atoms with van der Waals surface area (Å²) in [5.41, 5.74) is 0.877. The molecule has 1 aromatic rings. The van der Waals surface area contributed by atoms with Gasteiger partial charge in [0.2, 0.25) is 15.9 Å². The van der Waals surface area contributed by atoms with E-state index in [4.69, 9.17) is 0 Å². The number of sulfonamides is 1. The van der Waals surface area contributed by atoms with Crippen LogP contribution in [0.1, 0.15) is 25.3 Å². The van der Waals surface area contributed by atoms with E-state index in [1.54, 1.807) is 24.3 Å². The van der Waals surface area contributed by atoms with E-state index in [1.165, 1.54) is 11.8 Å². The first-order valence-electron chi connectivity index (χ1n) is 6.84. The highest BCUT2D eigenvalue weighted by Crippen LogP contribution is 2.22. The lowest BCUT2D eigenvalue weighted by Crippen LogP contribution is -2.30. The van der Waals surface area contributed by atoms with E-state index in [0.717, 1.165) is 18.4 Å². The second kappa shape index (κ2) is 6.81. The molecule has 21 heavy (non-hydrogen) atoms. The highest BCUT2D eigenvalue weighted by Gasteiger charge is 2.27.